The zero-order valence-electron chi connectivity index (χ0n) is 19.0. The largest absolute Gasteiger partial charge is 0.495 e. The van der Waals surface area contributed by atoms with Crippen molar-refractivity contribution in [2.24, 2.45) is 0 Å². The molecule has 0 radical (unpaired) electrons. The highest BCUT2D eigenvalue weighted by atomic mass is 35.5. The molecule has 0 bridgehead atoms. The molecule has 4 aromatic rings. The minimum atomic E-state index is -0.235. The van der Waals surface area contributed by atoms with Crippen molar-refractivity contribution in [1.29, 1.82) is 0 Å². The van der Waals surface area contributed by atoms with Gasteiger partial charge in [0.25, 0.3) is 5.91 Å². The second-order valence-electron chi connectivity index (χ2n) is 7.71. The normalized spacial score (nSPS) is 10.9. The van der Waals surface area contributed by atoms with E-state index in [0.29, 0.717) is 45.9 Å². The van der Waals surface area contributed by atoms with Crippen LogP contribution in [0.4, 0.5) is 11.6 Å². The number of carbonyl (C=O) groups is 1. The summed E-state index contributed by atoms with van der Waals surface area (Å²) in [5.74, 6) is 0.556. The molecule has 10 heteroatoms. The number of anilines is 2. The van der Waals surface area contributed by atoms with Crippen LogP contribution in [0.5, 0.6) is 5.75 Å². The van der Waals surface area contributed by atoms with E-state index in [4.69, 9.17) is 16.3 Å². The molecule has 0 saturated heterocycles. The molecule has 1 aromatic carbocycles. The number of carbonyl (C=O) groups excluding carboxylic acids is 1. The van der Waals surface area contributed by atoms with Gasteiger partial charge in [0.2, 0.25) is 5.95 Å². The molecule has 0 fully saturated rings. The Balaban J connectivity index is 1.51. The first-order valence-corrected chi connectivity index (χ1v) is 11.0. The molecule has 0 aliphatic carbocycles. The summed E-state index contributed by atoms with van der Waals surface area (Å²) in [6, 6.07) is 12.7. The van der Waals surface area contributed by atoms with E-state index in [1.807, 2.05) is 49.0 Å². The predicted octanol–water partition coefficient (Wildman–Crippen LogP) is 4.65. The highest BCUT2D eigenvalue weighted by Crippen LogP contribution is 2.30. The average molecular weight is 478 g/mol. The van der Waals surface area contributed by atoms with Gasteiger partial charge in [-0.25, -0.2) is 9.97 Å². The Morgan fingerprint density at radius 2 is 2.03 bits per heavy atom. The SMILES string of the molecule is COc1cc(C(=O)NCc2ccccn2)ccc1Nc1ncc(Cl)c(-c2ccn(C(C)C)n2)n1. The summed E-state index contributed by atoms with van der Waals surface area (Å²) in [5.41, 5.74) is 2.99. The summed E-state index contributed by atoms with van der Waals surface area (Å²) in [6.45, 7) is 4.41. The molecular weight excluding hydrogens is 454 g/mol. The van der Waals surface area contributed by atoms with Gasteiger partial charge in [-0.3, -0.25) is 14.5 Å². The van der Waals surface area contributed by atoms with Crippen molar-refractivity contribution in [2.45, 2.75) is 26.4 Å². The Bertz CT molecular complexity index is 1290. The molecule has 34 heavy (non-hydrogen) atoms. The third-order valence-corrected chi connectivity index (χ3v) is 5.27. The third-order valence-electron chi connectivity index (χ3n) is 4.99. The van der Waals surface area contributed by atoms with Crippen molar-refractivity contribution in [3.63, 3.8) is 0 Å². The van der Waals surface area contributed by atoms with Gasteiger partial charge in [0, 0.05) is 24.0 Å². The Morgan fingerprint density at radius 3 is 2.74 bits per heavy atom. The highest BCUT2D eigenvalue weighted by molar-refractivity contribution is 6.32. The summed E-state index contributed by atoms with van der Waals surface area (Å²) in [5, 5.41) is 10.9. The second-order valence-corrected chi connectivity index (χ2v) is 8.12. The molecular formula is C24H24ClN7O2. The fraction of sp³-hybridized carbons (Fsp3) is 0.208. The number of hydrogen-bond donors (Lipinski definition) is 2. The van der Waals surface area contributed by atoms with Crippen molar-refractivity contribution in [3.05, 3.63) is 77.3 Å². The van der Waals surface area contributed by atoms with Crippen LogP contribution in [0.15, 0.2) is 61.1 Å². The van der Waals surface area contributed by atoms with E-state index >= 15 is 0 Å². The van der Waals surface area contributed by atoms with E-state index in [1.165, 1.54) is 13.3 Å². The van der Waals surface area contributed by atoms with Crippen LogP contribution in [0.2, 0.25) is 5.02 Å². The van der Waals surface area contributed by atoms with E-state index in [2.05, 4.69) is 30.7 Å². The van der Waals surface area contributed by atoms with E-state index < -0.39 is 0 Å². The van der Waals surface area contributed by atoms with Crippen molar-refractivity contribution in [1.82, 2.24) is 30.0 Å². The number of ether oxygens (including phenoxy) is 1. The first-order valence-electron chi connectivity index (χ1n) is 10.7. The molecule has 0 aliphatic heterocycles. The molecule has 2 N–H and O–H groups in total. The quantitative estimate of drug-likeness (QED) is 0.380. The summed E-state index contributed by atoms with van der Waals surface area (Å²) < 4.78 is 7.32. The fourth-order valence-corrected chi connectivity index (χ4v) is 3.38. The average Bonchev–Trinajstić information content (AvgIpc) is 3.35. The van der Waals surface area contributed by atoms with Gasteiger partial charge in [-0.2, -0.15) is 5.10 Å². The Morgan fingerprint density at radius 1 is 1.18 bits per heavy atom. The maximum Gasteiger partial charge on any atom is 0.251 e. The van der Waals surface area contributed by atoms with Gasteiger partial charge < -0.3 is 15.4 Å². The summed E-state index contributed by atoms with van der Waals surface area (Å²) >= 11 is 6.34. The molecule has 0 atom stereocenters. The highest BCUT2D eigenvalue weighted by Gasteiger charge is 2.15. The Hall–Kier alpha value is -3.98. The number of methoxy groups -OCH3 is 1. The van der Waals surface area contributed by atoms with Crippen molar-refractivity contribution in [3.8, 4) is 17.1 Å². The molecule has 3 heterocycles. The van der Waals surface area contributed by atoms with Gasteiger partial charge in [0.05, 0.1) is 36.3 Å². The van der Waals surface area contributed by atoms with Gasteiger partial charge in [0.1, 0.15) is 17.1 Å². The lowest BCUT2D eigenvalue weighted by molar-refractivity contribution is 0.0950. The maximum atomic E-state index is 12.6. The first-order chi connectivity index (χ1) is 16.4. The number of nitrogens with zero attached hydrogens (tertiary/aromatic N) is 5. The van der Waals surface area contributed by atoms with Crippen LogP contribution in [-0.2, 0) is 6.54 Å². The molecule has 0 spiro atoms. The minimum absolute atomic E-state index is 0.218. The Labute approximate surface area is 202 Å². The van der Waals surface area contributed by atoms with Gasteiger partial charge >= 0.3 is 0 Å². The smallest absolute Gasteiger partial charge is 0.251 e. The molecule has 3 aromatic heterocycles. The van der Waals surface area contributed by atoms with Crippen LogP contribution < -0.4 is 15.4 Å². The van der Waals surface area contributed by atoms with Gasteiger partial charge in [-0.1, -0.05) is 17.7 Å². The van der Waals surface area contributed by atoms with Crippen LogP contribution in [-0.4, -0.2) is 37.7 Å². The van der Waals surface area contributed by atoms with Crippen LogP contribution in [0.3, 0.4) is 0 Å². The topological polar surface area (TPSA) is 107 Å². The number of nitrogens with one attached hydrogen (secondary N) is 2. The van der Waals surface area contributed by atoms with Crippen molar-refractivity contribution < 1.29 is 9.53 Å². The summed E-state index contributed by atoms with van der Waals surface area (Å²) in [4.78, 5) is 25.6. The van der Waals surface area contributed by atoms with E-state index in [9.17, 15) is 4.79 Å². The molecule has 0 aliphatic rings. The maximum absolute atomic E-state index is 12.6. The first kappa shape index (κ1) is 23.2. The number of hydrogen-bond acceptors (Lipinski definition) is 7. The van der Waals surface area contributed by atoms with Gasteiger partial charge in [-0.15, -0.1) is 0 Å². The summed E-state index contributed by atoms with van der Waals surface area (Å²) in [6.07, 6.45) is 5.09. The van der Waals surface area contributed by atoms with Crippen molar-refractivity contribution in [2.75, 3.05) is 12.4 Å². The monoisotopic (exact) mass is 477 g/mol. The Kier molecular flexibility index (Phi) is 7.03. The number of aromatic nitrogens is 5. The molecule has 4 rings (SSSR count). The van der Waals surface area contributed by atoms with E-state index in [-0.39, 0.29) is 11.9 Å². The number of pyridine rings is 1. The molecule has 0 saturated carbocycles. The summed E-state index contributed by atoms with van der Waals surface area (Å²) in [7, 11) is 1.53. The van der Waals surface area contributed by atoms with Crippen LogP contribution in [0, 0.1) is 0 Å². The molecule has 174 valence electrons. The molecule has 9 nitrogen and oxygen atoms in total. The van der Waals surface area contributed by atoms with Crippen molar-refractivity contribution >= 4 is 29.1 Å². The van der Waals surface area contributed by atoms with Gasteiger partial charge in [-0.05, 0) is 50.2 Å². The molecule has 0 unspecified atom stereocenters. The minimum Gasteiger partial charge on any atom is -0.495 e. The zero-order valence-corrected chi connectivity index (χ0v) is 19.7. The predicted molar refractivity (Wildman–Crippen MR) is 130 cm³/mol. The van der Waals surface area contributed by atoms with Crippen LogP contribution in [0.25, 0.3) is 11.4 Å². The van der Waals surface area contributed by atoms with Crippen LogP contribution >= 0.6 is 11.6 Å². The zero-order chi connectivity index (χ0) is 24.1. The lowest BCUT2D eigenvalue weighted by Crippen LogP contribution is -2.23. The number of rotatable bonds is 8. The lowest BCUT2D eigenvalue weighted by atomic mass is 10.1. The van der Waals surface area contributed by atoms with E-state index in [0.717, 1.165) is 5.69 Å². The number of amides is 1. The lowest BCUT2D eigenvalue weighted by Gasteiger charge is -2.13. The number of halogens is 1. The number of benzene rings is 1. The standard InChI is InChI=1S/C24H24ClN7O2/c1-15(2)32-11-9-20(31-32)22-18(25)14-28-24(30-22)29-19-8-7-16(12-21(19)34-3)23(33)27-13-17-6-4-5-10-26-17/h4-12,14-15H,13H2,1-3H3,(H,27,33)(H,28,29,30). The second kappa shape index (κ2) is 10.3. The third kappa shape index (κ3) is 5.32. The fourth-order valence-electron chi connectivity index (χ4n) is 3.19. The van der Waals surface area contributed by atoms with Gasteiger partial charge in [0.15, 0.2) is 0 Å². The van der Waals surface area contributed by atoms with E-state index in [1.54, 1.807) is 24.4 Å². The van der Waals surface area contributed by atoms with Crippen LogP contribution in [0.1, 0.15) is 35.9 Å². The molecule has 1 amide bonds.